The molecule has 0 saturated heterocycles. The van der Waals surface area contributed by atoms with Crippen LogP contribution in [0.3, 0.4) is 0 Å². The minimum absolute atomic E-state index is 0.215. The molecule has 1 aromatic carbocycles. The second-order valence-electron chi connectivity index (χ2n) is 5.12. The lowest BCUT2D eigenvalue weighted by Crippen LogP contribution is -1.99. The zero-order valence-electron chi connectivity index (χ0n) is 12.6. The Morgan fingerprint density at radius 1 is 1.18 bits per heavy atom. The first kappa shape index (κ1) is 15.8. The number of hydrogen-bond acceptors (Lipinski definition) is 3. The first-order valence-electron chi connectivity index (χ1n) is 7.05. The van der Waals surface area contributed by atoms with Gasteiger partial charge in [0.1, 0.15) is 0 Å². The van der Waals surface area contributed by atoms with Crippen molar-refractivity contribution in [3.63, 3.8) is 0 Å². The van der Waals surface area contributed by atoms with Crippen molar-refractivity contribution >= 4 is 5.97 Å². The number of aryl methyl sites for hydroxylation is 1. The molecule has 0 atom stereocenters. The highest BCUT2D eigenvalue weighted by atomic mass is 16.5. The molecule has 2 aromatic rings. The second-order valence-corrected chi connectivity index (χ2v) is 5.12. The second kappa shape index (κ2) is 7.41. The number of nitrogens with zero attached hydrogens (tertiary/aromatic N) is 1. The average Bonchev–Trinajstić information content (AvgIpc) is 2.54. The highest BCUT2D eigenvalue weighted by Crippen LogP contribution is 2.14. The molecule has 1 heterocycles. The molecule has 0 unspecified atom stereocenters. The van der Waals surface area contributed by atoms with Crippen molar-refractivity contribution in [1.29, 1.82) is 0 Å². The van der Waals surface area contributed by atoms with E-state index in [1.165, 1.54) is 11.8 Å². The summed E-state index contributed by atoms with van der Waals surface area (Å²) < 4.78 is 5.06. The van der Waals surface area contributed by atoms with Gasteiger partial charge in [0.15, 0.2) is 0 Å². The van der Waals surface area contributed by atoms with E-state index in [4.69, 9.17) is 9.84 Å². The van der Waals surface area contributed by atoms with Gasteiger partial charge in [-0.1, -0.05) is 30.8 Å². The maximum atomic E-state index is 10.9. The molecule has 0 radical (unpaired) electrons. The van der Waals surface area contributed by atoms with Gasteiger partial charge >= 0.3 is 5.97 Å². The van der Waals surface area contributed by atoms with Gasteiger partial charge in [-0.2, -0.15) is 0 Å². The zero-order valence-corrected chi connectivity index (χ0v) is 12.6. The highest BCUT2D eigenvalue weighted by Gasteiger charge is 2.05. The van der Waals surface area contributed by atoms with Gasteiger partial charge in [-0.3, -0.25) is 4.98 Å². The van der Waals surface area contributed by atoms with E-state index in [1.54, 1.807) is 19.4 Å². The molecule has 0 spiro atoms. The lowest BCUT2D eigenvalue weighted by Gasteiger charge is -2.06. The molecule has 1 aromatic heterocycles. The zero-order chi connectivity index (χ0) is 15.9. The summed E-state index contributed by atoms with van der Waals surface area (Å²) >= 11 is 0. The summed E-state index contributed by atoms with van der Waals surface area (Å²) in [5.41, 5.74) is 3.45. The highest BCUT2D eigenvalue weighted by molar-refractivity contribution is 5.87. The van der Waals surface area contributed by atoms with Crippen molar-refractivity contribution in [2.24, 2.45) is 0 Å². The van der Waals surface area contributed by atoms with Gasteiger partial charge in [-0.25, -0.2) is 4.79 Å². The summed E-state index contributed by atoms with van der Waals surface area (Å²) in [5.74, 6) is -0.177. The third-order valence-corrected chi connectivity index (χ3v) is 3.45. The van der Waals surface area contributed by atoms with E-state index >= 15 is 0 Å². The van der Waals surface area contributed by atoms with Crippen LogP contribution >= 0.6 is 0 Å². The Balaban J connectivity index is 2.00. The Kier molecular flexibility index (Phi) is 5.31. The molecule has 0 aliphatic rings. The number of carboxylic acids is 1. The van der Waals surface area contributed by atoms with Crippen LogP contribution in [0.4, 0.5) is 0 Å². The number of methoxy groups -OCH3 is 1. The van der Waals surface area contributed by atoms with E-state index in [2.05, 4.69) is 35.8 Å². The van der Waals surface area contributed by atoms with Gasteiger partial charge < -0.3 is 9.84 Å². The van der Waals surface area contributed by atoms with E-state index in [-0.39, 0.29) is 5.56 Å². The van der Waals surface area contributed by atoms with Gasteiger partial charge in [0.05, 0.1) is 18.4 Å². The summed E-state index contributed by atoms with van der Waals surface area (Å²) in [7, 11) is 1.63. The third-order valence-electron chi connectivity index (χ3n) is 3.45. The lowest BCUT2D eigenvalue weighted by atomic mass is 10.0. The Morgan fingerprint density at radius 3 is 2.50 bits per heavy atom. The molecule has 0 amide bonds. The molecule has 0 fully saturated rings. The predicted molar refractivity (Wildman–Crippen MR) is 84.9 cm³/mol. The van der Waals surface area contributed by atoms with Gasteiger partial charge in [0.2, 0.25) is 0 Å². The van der Waals surface area contributed by atoms with Crippen molar-refractivity contribution in [1.82, 2.24) is 4.98 Å². The maximum Gasteiger partial charge on any atom is 0.337 e. The fraction of sp³-hybridized carbons (Fsp3) is 0.222. The Hall–Kier alpha value is -2.62. The number of rotatable bonds is 7. The van der Waals surface area contributed by atoms with Crippen LogP contribution in [0.5, 0.6) is 0 Å². The first-order chi connectivity index (χ1) is 10.6. The average molecular weight is 297 g/mol. The van der Waals surface area contributed by atoms with Gasteiger partial charge in [-0.15, -0.1) is 0 Å². The molecule has 0 aliphatic carbocycles. The fourth-order valence-corrected chi connectivity index (χ4v) is 2.15. The van der Waals surface area contributed by atoms with Crippen LogP contribution in [0.1, 0.15) is 33.5 Å². The van der Waals surface area contributed by atoms with Crippen LogP contribution < -0.4 is 0 Å². The largest absolute Gasteiger partial charge is 0.502 e. The van der Waals surface area contributed by atoms with Gasteiger partial charge in [-0.05, 0) is 35.6 Å². The standard InChI is InChI=1S/C18H19NO3/c1-13(22-2)3-4-14-5-7-15(8-6-14)9-16-10-17(18(20)21)12-19-11-16/h5-8,10-12H,1,3-4,9H2,2H3,(H,20,21). The van der Waals surface area contributed by atoms with Crippen LogP contribution in [0.25, 0.3) is 0 Å². The number of carbonyl (C=O) groups is 1. The first-order valence-corrected chi connectivity index (χ1v) is 7.05. The van der Waals surface area contributed by atoms with Crippen molar-refractivity contribution in [2.45, 2.75) is 19.3 Å². The number of carboxylic acid groups (broad SMARTS) is 1. The van der Waals surface area contributed by atoms with Crippen molar-refractivity contribution < 1.29 is 14.6 Å². The molecular formula is C18H19NO3. The van der Waals surface area contributed by atoms with E-state index in [0.717, 1.165) is 29.7 Å². The van der Waals surface area contributed by atoms with E-state index in [0.29, 0.717) is 6.42 Å². The SMILES string of the molecule is C=C(CCc1ccc(Cc2cncc(C(=O)O)c2)cc1)OC. The Bertz CT molecular complexity index is 662. The van der Waals surface area contributed by atoms with Crippen LogP contribution in [0.15, 0.2) is 55.1 Å². The molecule has 1 N–H and O–H groups in total. The summed E-state index contributed by atoms with van der Waals surface area (Å²) in [5, 5.41) is 8.98. The van der Waals surface area contributed by atoms with E-state index < -0.39 is 5.97 Å². The Labute approximate surface area is 130 Å². The predicted octanol–water partition coefficient (Wildman–Crippen LogP) is 3.46. The lowest BCUT2D eigenvalue weighted by molar-refractivity contribution is 0.0696. The number of hydrogen-bond donors (Lipinski definition) is 1. The van der Waals surface area contributed by atoms with E-state index in [1.807, 2.05) is 0 Å². The van der Waals surface area contributed by atoms with E-state index in [9.17, 15) is 4.79 Å². The Morgan fingerprint density at radius 2 is 1.86 bits per heavy atom. The van der Waals surface area contributed by atoms with Crippen LogP contribution in [0, 0.1) is 0 Å². The van der Waals surface area contributed by atoms with Crippen LogP contribution in [-0.4, -0.2) is 23.2 Å². The monoisotopic (exact) mass is 297 g/mol. The number of pyridine rings is 1. The topological polar surface area (TPSA) is 59.4 Å². The maximum absolute atomic E-state index is 10.9. The number of ether oxygens (including phenoxy) is 1. The number of aromatic nitrogens is 1. The number of benzene rings is 1. The fourth-order valence-electron chi connectivity index (χ4n) is 2.15. The summed E-state index contributed by atoms with van der Waals surface area (Å²) in [6.07, 6.45) is 5.42. The quantitative estimate of drug-likeness (QED) is 0.795. The van der Waals surface area contributed by atoms with Crippen LogP contribution in [0.2, 0.25) is 0 Å². The van der Waals surface area contributed by atoms with Crippen molar-refractivity contribution in [2.75, 3.05) is 7.11 Å². The molecule has 0 saturated carbocycles. The molecule has 114 valence electrons. The molecular weight excluding hydrogens is 278 g/mol. The molecule has 0 bridgehead atoms. The third kappa shape index (κ3) is 4.45. The van der Waals surface area contributed by atoms with Gasteiger partial charge in [0, 0.05) is 18.8 Å². The minimum atomic E-state index is -0.955. The molecule has 0 aliphatic heterocycles. The summed E-state index contributed by atoms with van der Waals surface area (Å²) in [4.78, 5) is 14.9. The normalized spacial score (nSPS) is 10.2. The summed E-state index contributed by atoms with van der Waals surface area (Å²) in [6.45, 7) is 3.81. The summed E-state index contributed by atoms with van der Waals surface area (Å²) in [6, 6.07) is 9.92. The smallest absolute Gasteiger partial charge is 0.337 e. The van der Waals surface area contributed by atoms with Gasteiger partial charge in [0.25, 0.3) is 0 Å². The number of aromatic carboxylic acids is 1. The number of allylic oxidation sites excluding steroid dienone is 1. The van der Waals surface area contributed by atoms with Crippen molar-refractivity contribution in [3.05, 3.63) is 77.3 Å². The molecule has 22 heavy (non-hydrogen) atoms. The minimum Gasteiger partial charge on any atom is -0.502 e. The van der Waals surface area contributed by atoms with Crippen LogP contribution in [-0.2, 0) is 17.6 Å². The van der Waals surface area contributed by atoms with Crippen molar-refractivity contribution in [3.8, 4) is 0 Å². The molecule has 4 heteroatoms. The molecule has 2 rings (SSSR count). The molecule has 4 nitrogen and oxygen atoms in total.